The van der Waals surface area contributed by atoms with Gasteiger partial charge in [-0.3, -0.25) is 0 Å². The molecule has 0 aromatic heterocycles. The second-order valence-corrected chi connectivity index (χ2v) is 6.28. The van der Waals surface area contributed by atoms with Crippen LogP contribution in [-0.4, -0.2) is 21.7 Å². The summed E-state index contributed by atoms with van der Waals surface area (Å²) in [7, 11) is 0. The number of aliphatic hydroxyl groups is 1. The predicted octanol–water partition coefficient (Wildman–Crippen LogP) is 3.07. The Morgan fingerprint density at radius 2 is 1.83 bits per heavy atom. The summed E-state index contributed by atoms with van der Waals surface area (Å²) in [6.45, 7) is 9.23. The van der Waals surface area contributed by atoms with Crippen molar-refractivity contribution in [3.8, 4) is 0 Å². The van der Waals surface area contributed by atoms with E-state index in [1.165, 1.54) is 12.8 Å². The zero-order valence-electron chi connectivity index (χ0n) is 8.76. The van der Waals surface area contributed by atoms with E-state index in [4.69, 9.17) is 5.11 Å². The number of thioether (sulfide) groups is 1. The SMILES string of the molecule is CCCC(CCO)SC(C)(C)C. The molecule has 0 bridgehead atoms. The molecular formula is C10H22OS. The molecule has 0 radical (unpaired) electrons. The fourth-order valence-corrected chi connectivity index (χ4v) is 2.80. The molecule has 2 heteroatoms. The highest BCUT2D eigenvalue weighted by Crippen LogP contribution is 2.31. The highest BCUT2D eigenvalue weighted by atomic mass is 32.2. The monoisotopic (exact) mass is 190 g/mol. The van der Waals surface area contributed by atoms with Crippen molar-refractivity contribution in [3.05, 3.63) is 0 Å². The molecule has 0 heterocycles. The van der Waals surface area contributed by atoms with E-state index < -0.39 is 0 Å². The third kappa shape index (κ3) is 6.99. The lowest BCUT2D eigenvalue weighted by Crippen LogP contribution is -2.16. The van der Waals surface area contributed by atoms with Gasteiger partial charge in [-0.05, 0) is 12.8 Å². The molecule has 0 amide bonds. The van der Waals surface area contributed by atoms with Crippen molar-refractivity contribution in [1.82, 2.24) is 0 Å². The first-order chi connectivity index (χ1) is 5.49. The van der Waals surface area contributed by atoms with Crippen LogP contribution in [0.25, 0.3) is 0 Å². The smallest absolute Gasteiger partial charge is 0.0441 e. The quantitative estimate of drug-likeness (QED) is 0.719. The van der Waals surface area contributed by atoms with Gasteiger partial charge in [0.25, 0.3) is 0 Å². The van der Waals surface area contributed by atoms with E-state index in [0.29, 0.717) is 16.6 Å². The summed E-state index contributed by atoms with van der Waals surface area (Å²) in [5.74, 6) is 0. The summed E-state index contributed by atoms with van der Waals surface area (Å²) in [6, 6.07) is 0. The molecule has 1 nitrogen and oxygen atoms in total. The molecule has 0 aliphatic heterocycles. The highest BCUT2D eigenvalue weighted by Gasteiger charge is 2.17. The van der Waals surface area contributed by atoms with Crippen LogP contribution in [0.2, 0.25) is 0 Å². The van der Waals surface area contributed by atoms with Crippen LogP contribution in [0.1, 0.15) is 47.0 Å². The topological polar surface area (TPSA) is 20.2 Å². The minimum Gasteiger partial charge on any atom is -0.396 e. The molecule has 1 atom stereocenters. The summed E-state index contributed by atoms with van der Waals surface area (Å²) in [6.07, 6.45) is 3.38. The average molecular weight is 190 g/mol. The van der Waals surface area contributed by atoms with Gasteiger partial charge < -0.3 is 5.11 Å². The molecule has 0 aromatic carbocycles. The maximum absolute atomic E-state index is 8.85. The lowest BCUT2D eigenvalue weighted by atomic mass is 10.2. The number of hydrogen-bond donors (Lipinski definition) is 1. The van der Waals surface area contributed by atoms with E-state index in [9.17, 15) is 0 Å². The van der Waals surface area contributed by atoms with Crippen molar-refractivity contribution >= 4 is 11.8 Å². The van der Waals surface area contributed by atoms with Crippen LogP contribution in [0, 0.1) is 0 Å². The van der Waals surface area contributed by atoms with Crippen LogP contribution in [0.4, 0.5) is 0 Å². The molecular weight excluding hydrogens is 168 g/mol. The molecule has 0 saturated carbocycles. The molecule has 0 aliphatic rings. The third-order valence-corrected chi connectivity index (χ3v) is 3.09. The lowest BCUT2D eigenvalue weighted by Gasteiger charge is -2.24. The van der Waals surface area contributed by atoms with Crippen molar-refractivity contribution in [2.45, 2.75) is 57.0 Å². The summed E-state index contributed by atoms with van der Waals surface area (Å²) >= 11 is 1.99. The average Bonchev–Trinajstić information content (AvgIpc) is 1.84. The van der Waals surface area contributed by atoms with Crippen molar-refractivity contribution in [2.24, 2.45) is 0 Å². The van der Waals surface area contributed by atoms with E-state index in [1.807, 2.05) is 11.8 Å². The van der Waals surface area contributed by atoms with Crippen molar-refractivity contribution in [1.29, 1.82) is 0 Å². The first kappa shape index (κ1) is 12.3. The maximum atomic E-state index is 8.85. The Hall–Kier alpha value is 0.310. The summed E-state index contributed by atoms with van der Waals surface area (Å²) in [5, 5.41) is 9.49. The van der Waals surface area contributed by atoms with E-state index in [0.717, 1.165) is 6.42 Å². The maximum Gasteiger partial charge on any atom is 0.0441 e. The van der Waals surface area contributed by atoms with Gasteiger partial charge >= 0.3 is 0 Å². The Labute approximate surface area is 80.9 Å². The minimum absolute atomic E-state index is 0.327. The number of rotatable bonds is 5. The lowest BCUT2D eigenvalue weighted by molar-refractivity contribution is 0.285. The van der Waals surface area contributed by atoms with Gasteiger partial charge in [-0.15, -0.1) is 0 Å². The zero-order chi connectivity index (χ0) is 9.61. The van der Waals surface area contributed by atoms with Crippen molar-refractivity contribution < 1.29 is 5.11 Å². The standard InChI is InChI=1S/C10H22OS/c1-5-6-9(7-8-11)12-10(2,3)4/h9,11H,5-8H2,1-4H3. The van der Waals surface area contributed by atoms with Gasteiger partial charge in [0.2, 0.25) is 0 Å². The fraction of sp³-hybridized carbons (Fsp3) is 1.00. The summed E-state index contributed by atoms with van der Waals surface area (Å²) in [5.41, 5.74) is 0. The zero-order valence-corrected chi connectivity index (χ0v) is 9.58. The molecule has 0 aliphatic carbocycles. The Morgan fingerprint density at radius 1 is 1.25 bits per heavy atom. The Kier molecular flexibility index (Phi) is 6.02. The van der Waals surface area contributed by atoms with Gasteiger partial charge in [-0.2, -0.15) is 11.8 Å². The van der Waals surface area contributed by atoms with Crippen LogP contribution < -0.4 is 0 Å². The second kappa shape index (κ2) is 5.87. The molecule has 1 unspecified atom stereocenters. The normalized spacial score (nSPS) is 14.8. The Balaban J connectivity index is 3.77. The van der Waals surface area contributed by atoms with E-state index in [-0.39, 0.29) is 0 Å². The van der Waals surface area contributed by atoms with Crippen LogP contribution in [0.3, 0.4) is 0 Å². The predicted molar refractivity (Wildman–Crippen MR) is 57.7 cm³/mol. The highest BCUT2D eigenvalue weighted by molar-refractivity contribution is 8.01. The van der Waals surface area contributed by atoms with E-state index in [1.54, 1.807) is 0 Å². The second-order valence-electron chi connectivity index (χ2n) is 4.15. The summed E-state index contributed by atoms with van der Waals surface area (Å²) < 4.78 is 0.328. The van der Waals surface area contributed by atoms with Crippen LogP contribution in [-0.2, 0) is 0 Å². The van der Waals surface area contributed by atoms with Gasteiger partial charge in [-0.25, -0.2) is 0 Å². The van der Waals surface area contributed by atoms with Crippen LogP contribution >= 0.6 is 11.8 Å². The molecule has 74 valence electrons. The molecule has 0 spiro atoms. The molecule has 0 saturated heterocycles. The van der Waals surface area contributed by atoms with Gasteiger partial charge in [0.15, 0.2) is 0 Å². The Morgan fingerprint density at radius 3 is 2.17 bits per heavy atom. The van der Waals surface area contributed by atoms with Crippen molar-refractivity contribution in [2.75, 3.05) is 6.61 Å². The van der Waals surface area contributed by atoms with Gasteiger partial charge in [0, 0.05) is 16.6 Å². The van der Waals surface area contributed by atoms with Gasteiger partial charge in [-0.1, -0.05) is 34.1 Å². The number of aliphatic hydroxyl groups excluding tert-OH is 1. The fourth-order valence-electron chi connectivity index (χ4n) is 1.23. The molecule has 0 rings (SSSR count). The van der Waals surface area contributed by atoms with Crippen LogP contribution in [0.5, 0.6) is 0 Å². The summed E-state index contributed by atoms with van der Waals surface area (Å²) in [4.78, 5) is 0. The van der Waals surface area contributed by atoms with E-state index >= 15 is 0 Å². The van der Waals surface area contributed by atoms with Crippen LogP contribution in [0.15, 0.2) is 0 Å². The van der Waals surface area contributed by atoms with Gasteiger partial charge in [0.05, 0.1) is 0 Å². The Bertz CT molecular complexity index is 101. The third-order valence-electron chi connectivity index (χ3n) is 1.58. The first-order valence-electron chi connectivity index (χ1n) is 4.78. The number of hydrogen-bond acceptors (Lipinski definition) is 2. The molecule has 1 N–H and O–H groups in total. The first-order valence-corrected chi connectivity index (χ1v) is 5.66. The minimum atomic E-state index is 0.327. The molecule has 12 heavy (non-hydrogen) atoms. The van der Waals surface area contributed by atoms with Crippen molar-refractivity contribution in [3.63, 3.8) is 0 Å². The molecule has 0 fully saturated rings. The van der Waals surface area contributed by atoms with Gasteiger partial charge in [0.1, 0.15) is 0 Å². The largest absolute Gasteiger partial charge is 0.396 e. The molecule has 0 aromatic rings. The van der Waals surface area contributed by atoms with E-state index in [2.05, 4.69) is 27.7 Å².